The van der Waals surface area contributed by atoms with Crippen molar-refractivity contribution in [3.8, 4) is 0 Å². The second-order valence-corrected chi connectivity index (χ2v) is 6.67. The number of halogens is 3. The van der Waals surface area contributed by atoms with E-state index in [0.29, 0.717) is 5.69 Å². The number of carbonyl (C=O) groups excluding carboxylic acids is 3. The number of hydrogen-bond acceptors (Lipinski definition) is 5. The zero-order chi connectivity index (χ0) is 20.8. The summed E-state index contributed by atoms with van der Waals surface area (Å²) < 4.78 is 39.7. The molecule has 0 aliphatic carbocycles. The van der Waals surface area contributed by atoms with E-state index < -0.39 is 35.8 Å². The number of hydrogen-bond donors (Lipinski definition) is 2. The molecule has 2 aliphatic rings. The Labute approximate surface area is 161 Å². The smallest absolute Gasteiger partial charge is 0.340 e. The van der Waals surface area contributed by atoms with E-state index in [9.17, 15) is 27.6 Å². The number of benzene rings is 1. The molecule has 29 heavy (non-hydrogen) atoms. The van der Waals surface area contributed by atoms with Gasteiger partial charge >= 0.3 is 6.18 Å². The molecule has 1 aromatic heterocycles. The average Bonchev–Trinajstić information content (AvgIpc) is 3.06. The van der Waals surface area contributed by atoms with Gasteiger partial charge < -0.3 is 20.1 Å². The third-order valence-corrected chi connectivity index (χ3v) is 4.79. The first-order valence-electron chi connectivity index (χ1n) is 8.72. The Morgan fingerprint density at radius 2 is 1.93 bits per heavy atom. The molecule has 3 amide bonds. The summed E-state index contributed by atoms with van der Waals surface area (Å²) in [5.74, 6) is -2.62. The van der Waals surface area contributed by atoms with Gasteiger partial charge in [-0.1, -0.05) is 12.1 Å². The van der Waals surface area contributed by atoms with Crippen LogP contribution in [0.15, 0.2) is 24.3 Å². The summed E-state index contributed by atoms with van der Waals surface area (Å²) in [5, 5.41) is 11.8. The van der Waals surface area contributed by atoms with Crippen molar-refractivity contribution in [3.63, 3.8) is 0 Å². The lowest BCUT2D eigenvalue weighted by atomic mass is 10.1. The number of fused-ring (bicyclic) bond motifs is 2. The molecule has 4 rings (SSSR count). The van der Waals surface area contributed by atoms with Crippen LogP contribution >= 0.6 is 0 Å². The van der Waals surface area contributed by atoms with E-state index in [-0.39, 0.29) is 37.4 Å². The molecule has 0 spiro atoms. The predicted molar refractivity (Wildman–Crippen MR) is 91.4 cm³/mol. The second kappa shape index (κ2) is 6.87. The van der Waals surface area contributed by atoms with E-state index in [1.165, 1.54) is 4.90 Å². The van der Waals surface area contributed by atoms with Crippen molar-refractivity contribution in [1.82, 2.24) is 25.0 Å². The Bertz CT molecular complexity index is 1000. The Morgan fingerprint density at radius 3 is 2.69 bits per heavy atom. The lowest BCUT2D eigenvalue weighted by Gasteiger charge is -2.29. The third kappa shape index (κ3) is 3.52. The van der Waals surface area contributed by atoms with Crippen LogP contribution in [0, 0.1) is 0 Å². The van der Waals surface area contributed by atoms with Crippen LogP contribution in [0.25, 0.3) is 0 Å². The standard InChI is InChI=1S/C17H15F3N6O3/c18-17(19,20)16-24-23-12-8-25(5-6-26(12)16)13(27)7-11-15(29)21-10-4-2-1-3-9(10)14(28)22-11/h1-4,11H,5-8H2,(H,21,29)(H,22,28)/t11-/m1/s1. The topological polar surface area (TPSA) is 109 Å². The molecular formula is C17H15F3N6O3. The van der Waals surface area contributed by atoms with Gasteiger partial charge in [-0.05, 0) is 12.1 Å². The lowest BCUT2D eigenvalue weighted by Crippen LogP contribution is -2.47. The van der Waals surface area contributed by atoms with Crippen LogP contribution in [0.1, 0.15) is 28.4 Å². The molecule has 1 aromatic carbocycles. The monoisotopic (exact) mass is 408 g/mol. The van der Waals surface area contributed by atoms with Crippen LogP contribution in [-0.2, 0) is 28.9 Å². The SMILES string of the molecule is O=C1N[C@H](CC(=O)N2CCn3c(nnc3C(F)(F)F)C2)C(=O)Nc2ccccc21. The van der Waals surface area contributed by atoms with Gasteiger partial charge in [0.05, 0.1) is 24.2 Å². The second-order valence-electron chi connectivity index (χ2n) is 6.67. The normalized spacial score (nSPS) is 19.0. The van der Waals surface area contributed by atoms with Crippen LogP contribution in [0.3, 0.4) is 0 Å². The largest absolute Gasteiger partial charge is 0.451 e. The number of aromatic nitrogens is 3. The molecule has 0 unspecified atom stereocenters. The van der Waals surface area contributed by atoms with E-state index in [0.717, 1.165) is 4.57 Å². The molecule has 0 saturated carbocycles. The molecule has 12 heteroatoms. The number of carbonyl (C=O) groups is 3. The number of nitrogens with zero attached hydrogens (tertiary/aromatic N) is 4. The summed E-state index contributed by atoms with van der Waals surface area (Å²) in [6.45, 7) is -0.266. The van der Waals surface area contributed by atoms with Gasteiger partial charge in [-0.2, -0.15) is 13.2 Å². The Balaban J connectivity index is 1.46. The average molecular weight is 408 g/mol. The highest BCUT2D eigenvalue weighted by Crippen LogP contribution is 2.29. The van der Waals surface area contributed by atoms with Gasteiger partial charge in [0, 0.05) is 13.1 Å². The van der Waals surface area contributed by atoms with E-state index in [1.54, 1.807) is 24.3 Å². The molecule has 152 valence electrons. The molecule has 0 bridgehead atoms. The summed E-state index contributed by atoms with van der Waals surface area (Å²) in [5.41, 5.74) is 0.622. The number of amides is 3. The lowest BCUT2D eigenvalue weighted by molar-refractivity contribution is -0.148. The van der Waals surface area contributed by atoms with Gasteiger partial charge in [0.25, 0.3) is 5.91 Å². The molecule has 3 heterocycles. The van der Waals surface area contributed by atoms with Crippen molar-refractivity contribution < 1.29 is 27.6 Å². The minimum absolute atomic E-state index is 0.00939. The van der Waals surface area contributed by atoms with E-state index in [4.69, 9.17) is 0 Å². The molecular weight excluding hydrogens is 393 g/mol. The molecule has 2 N–H and O–H groups in total. The summed E-state index contributed by atoms with van der Waals surface area (Å²) in [4.78, 5) is 38.7. The number of anilines is 1. The zero-order valence-electron chi connectivity index (χ0n) is 14.9. The van der Waals surface area contributed by atoms with Crippen molar-refractivity contribution in [1.29, 1.82) is 0 Å². The number of alkyl halides is 3. The van der Waals surface area contributed by atoms with Crippen LogP contribution in [-0.4, -0.2) is 50.0 Å². The van der Waals surface area contributed by atoms with Gasteiger partial charge in [-0.15, -0.1) is 10.2 Å². The highest BCUT2D eigenvalue weighted by atomic mass is 19.4. The quantitative estimate of drug-likeness (QED) is 0.763. The highest BCUT2D eigenvalue weighted by molar-refractivity contribution is 6.10. The zero-order valence-corrected chi connectivity index (χ0v) is 14.9. The van der Waals surface area contributed by atoms with Crippen molar-refractivity contribution in [2.24, 2.45) is 0 Å². The maximum absolute atomic E-state index is 12.9. The summed E-state index contributed by atoms with van der Waals surface area (Å²) in [6, 6.07) is 5.33. The first-order chi connectivity index (χ1) is 13.7. The first-order valence-corrected chi connectivity index (χ1v) is 8.72. The summed E-state index contributed by atoms with van der Waals surface area (Å²) in [7, 11) is 0. The Hall–Kier alpha value is -3.44. The van der Waals surface area contributed by atoms with Crippen LogP contribution in [0.5, 0.6) is 0 Å². The van der Waals surface area contributed by atoms with Crippen LogP contribution < -0.4 is 10.6 Å². The summed E-state index contributed by atoms with van der Waals surface area (Å²) >= 11 is 0. The number of nitrogens with one attached hydrogen (secondary N) is 2. The molecule has 1 atom stereocenters. The van der Waals surface area contributed by atoms with Crippen molar-refractivity contribution in [2.45, 2.75) is 31.7 Å². The van der Waals surface area contributed by atoms with Crippen LogP contribution in [0.4, 0.5) is 18.9 Å². The Morgan fingerprint density at radius 1 is 1.17 bits per heavy atom. The van der Waals surface area contributed by atoms with Gasteiger partial charge in [-0.25, -0.2) is 0 Å². The van der Waals surface area contributed by atoms with Crippen LogP contribution in [0.2, 0.25) is 0 Å². The fourth-order valence-corrected chi connectivity index (χ4v) is 3.34. The third-order valence-electron chi connectivity index (χ3n) is 4.79. The predicted octanol–water partition coefficient (Wildman–Crippen LogP) is 0.780. The minimum atomic E-state index is -4.63. The first kappa shape index (κ1) is 18.9. The molecule has 0 radical (unpaired) electrons. The van der Waals surface area contributed by atoms with Gasteiger partial charge in [-0.3, -0.25) is 14.4 Å². The van der Waals surface area contributed by atoms with E-state index in [1.807, 2.05) is 0 Å². The maximum Gasteiger partial charge on any atom is 0.451 e. The molecule has 2 aromatic rings. The van der Waals surface area contributed by atoms with Crippen molar-refractivity contribution in [2.75, 3.05) is 11.9 Å². The fourth-order valence-electron chi connectivity index (χ4n) is 3.34. The van der Waals surface area contributed by atoms with E-state index >= 15 is 0 Å². The molecule has 2 aliphatic heterocycles. The highest BCUT2D eigenvalue weighted by Gasteiger charge is 2.40. The maximum atomic E-state index is 12.9. The number of para-hydroxylation sites is 1. The molecule has 9 nitrogen and oxygen atoms in total. The summed E-state index contributed by atoms with van der Waals surface area (Å²) in [6.07, 6.45) is -4.96. The molecule has 0 saturated heterocycles. The van der Waals surface area contributed by atoms with Gasteiger partial charge in [0.2, 0.25) is 17.6 Å². The number of rotatable bonds is 2. The fraction of sp³-hybridized carbons (Fsp3) is 0.353. The van der Waals surface area contributed by atoms with Gasteiger partial charge in [0.15, 0.2) is 5.82 Å². The Kier molecular flexibility index (Phi) is 4.47. The van der Waals surface area contributed by atoms with Gasteiger partial charge in [0.1, 0.15) is 6.04 Å². The minimum Gasteiger partial charge on any atom is -0.340 e. The van der Waals surface area contributed by atoms with Crippen molar-refractivity contribution >= 4 is 23.4 Å². The molecule has 0 fully saturated rings. The van der Waals surface area contributed by atoms with E-state index in [2.05, 4.69) is 20.8 Å². The van der Waals surface area contributed by atoms with Crippen molar-refractivity contribution in [3.05, 3.63) is 41.5 Å².